The van der Waals surface area contributed by atoms with Gasteiger partial charge < -0.3 is 4.74 Å². The molecule has 56 valence electrons. The lowest BCUT2D eigenvalue weighted by molar-refractivity contribution is -0.0266. The summed E-state index contributed by atoms with van der Waals surface area (Å²) in [6, 6.07) is 0. The Morgan fingerprint density at radius 2 is 2.00 bits per heavy atom. The van der Waals surface area contributed by atoms with Crippen LogP contribution >= 0.6 is 0 Å². The van der Waals surface area contributed by atoms with E-state index in [1.165, 1.54) is 19.3 Å². The Balaban J connectivity index is 2.21. The maximum Gasteiger partial charge on any atom is 0.0775 e. The Hall–Kier alpha value is -0.300. The van der Waals surface area contributed by atoms with Gasteiger partial charge >= 0.3 is 0 Å². The fourth-order valence-electron chi connectivity index (χ4n) is 2.13. The van der Waals surface area contributed by atoms with E-state index in [0.29, 0.717) is 5.41 Å². The van der Waals surface area contributed by atoms with E-state index in [1.807, 2.05) is 7.11 Å². The Bertz CT molecular complexity index is 177. The first-order valence-corrected chi connectivity index (χ1v) is 3.98. The molecule has 0 aromatic carbocycles. The van der Waals surface area contributed by atoms with Gasteiger partial charge in [-0.1, -0.05) is 12.2 Å². The molecule has 0 bridgehead atoms. The number of rotatable bonds is 1. The molecule has 1 heteroatoms. The summed E-state index contributed by atoms with van der Waals surface area (Å²) in [6.45, 7) is 2.22. The number of hydrogen-bond acceptors (Lipinski definition) is 1. The SMILES string of the molecule is CO[C@@]1(C)CCCC12C=C2. The van der Waals surface area contributed by atoms with Crippen LogP contribution in [0.5, 0.6) is 0 Å². The van der Waals surface area contributed by atoms with E-state index in [2.05, 4.69) is 19.1 Å². The van der Waals surface area contributed by atoms with Crippen molar-refractivity contribution < 1.29 is 4.74 Å². The van der Waals surface area contributed by atoms with E-state index in [1.54, 1.807) is 0 Å². The highest BCUT2D eigenvalue weighted by molar-refractivity contribution is 5.34. The van der Waals surface area contributed by atoms with Gasteiger partial charge in [0.15, 0.2) is 0 Å². The van der Waals surface area contributed by atoms with Crippen LogP contribution in [0.2, 0.25) is 0 Å². The van der Waals surface area contributed by atoms with E-state index >= 15 is 0 Å². The van der Waals surface area contributed by atoms with E-state index in [4.69, 9.17) is 4.74 Å². The van der Waals surface area contributed by atoms with Crippen molar-refractivity contribution in [2.45, 2.75) is 31.8 Å². The van der Waals surface area contributed by atoms with E-state index in [0.717, 1.165) is 0 Å². The Morgan fingerprint density at radius 3 is 2.40 bits per heavy atom. The zero-order chi connectivity index (χ0) is 7.24. The standard InChI is InChI=1S/C9H14O/c1-8(10-2)4-3-5-9(8)6-7-9/h6-7H,3-5H2,1-2H3/t8-/m0/s1. The van der Waals surface area contributed by atoms with Crippen LogP contribution < -0.4 is 0 Å². The second-order valence-corrected chi connectivity index (χ2v) is 3.66. The average molecular weight is 138 g/mol. The third kappa shape index (κ3) is 0.567. The second kappa shape index (κ2) is 1.65. The van der Waals surface area contributed by atoms with Gasteiger partial charge in [0.05, 0.1) is 5.60 Å². The molecule has 0 radical (unpaired) electrons. The number of hydrogen-bond donors (Lipinski definition) is 0. The molecule has 1 fully saturated rings. The molecule has 2 rings (SSSR count). The first kappa shape index (κ1) is 6.41. The van der Waals surface area contributed by atoms with Gasteiger partial charge in [-0.05, 0) is 26.2 Å². The monoisotopic (exact) mass is 138 g/mol. The molecule has 2 aliphatic carbocycles. The van der Waals surface area contributed by atoms with E-state index in [9.17, 15) is 0 Å². The van der Waals surface area contributed by atoms with Crippen molar-refractivity contribution in [3.05, 3.63) is 12.2 Å². The van der Waals surface area contributed by atoms with Gasteiger partial charge in [0.25, 0.3) is 0 Å². The molecule has 0 aliphatic heterocycles. The lowest BCUT2D eigenvalue weighted by atomic mass is 9.87. The Morgan fingerprint density at radius 1 is 1.30 bits per heavy atom. The summed E-state index contributed by atoms with van der Waals surface area (Å²) in [5, 5.41) is 0. The van der Waals surface area contributed by atoms with Crippen molar-refractivity contribution in [1.29, 1.82) is 0 Å². The molecular formula is C9H14O. The van der Waals surface area contributed by atoms with Crippen molar-refractivity contribution in [2.75, 3.05) is 7.11 Å². The summed E-state index contributed by atoms with van der Waals surface area (Å²) in [5.41, 5.74) is 0.509. The average Bonchev–Trinajstić information content (AvgIpc) is 2.61. The quantitative estimate of drug-likeness (QED) is 0.504. The van der Waals surface area contributed by atoms with Crippen molar-refractivity contribution in [1.82, 2.24) is 0 Å². The predicted molar refractivity (Wildman–Crippen MR) is 40.8 cm³/mol. The van der Waals surface area contributed by atoms with E-state index in [-0.39, 0.29) is 5.60 Å². The molecular weight excluding hydrogens is 124 g/mol. The molecule has 1 saturated carbocycles. The molecule has 0 aromatic heterocycles. The number of methoxy groups -OCH3 is 1. The zero-order valence-corrected chi connectivity index (χ0v) is 6.68. The molecule has 0 saturated heterocycles. The smallest absolute Gasteiger partial charge is 0.0775 e. The number of ether oxygens (including phenoxy) is 1. The fourth-order valence-corrected chi connectivity index (χ4v) is 2.13. The van der Waals surface area contributed by atoms with Crippen LogP contribution in [0.25, 0.3) is 0 Å². The molecule has 0 unspecified atom stereocenters. The third-order valence-electron chi connectivity index (χ3n) is 3.25. The second-order valence-electron chi connectivity index (χ2n) is 3.66. The van der Waals surface area contributed by atoms with E-state index < -0.39 is 0 Å². The highest BCUT2D eigenvalue weighted by Gasteiger charge is 2.54. The van der Waals surface area contributed by atoms with Crippen molar-refractivity contribution in [3.63, 3.8) is 0 Å². The van der Waals surface area contributed by atoms with Crippen LogP contribution in [0.3, 0.4) is 0 Å². The topological polar surface area (TPSA) is 9.23 Å². The lowest BCUT2D eigenvalue weighted by Crippen LogP contribution is -2.34. The normalized spacial score (nSPS) is 41.0. The Labute approximate surface area is 62.1 Å². The molecule has 0 heterocycles. The minimum Gasteiger partial charge on any atom is -0.377 e. The molecule has 0 amide bonds. The molecule has 0 N–H and O–H groups in total. The third-order valence-corrected chi connectivity index (χ3v) is 3.25. The minimum atomic E-state index is 0.132. The fraction of sp³-hybridized carbons (Fsp3) is 0.778. The van der Waals surface area contributed by atoms with Crippen LogP contribution in [0.15, 0.2) is 12.2 Å². The highest BCUT2D eigenvalue weighted by Crippen LogP contribution is 2.57. The molecule has 1 atom stereocenters. The summed E-state index contributed by atoms with van der Waals surface area (Å²) in [5.74, 6) is 0. The van der Waals surface area contributed by atoms with Crippen LogP contribution in [-0.4, -0.2) is 12.7 Å². The maximum atomic E-state index is 5.51. The van der Waals surface area contributed by atoms with Gasteiger partial charge in [-0.2, -0.15) is 0 Å². The van der Waals surface area contributed by atoms with Crippen LogP contribution in [0.4, 0.5) is 0 Å². The van der Waals surface area contributed by atoms with Crippen molar-refractivity contribution >= 4 is 0 Å². The summed E-state index contributed by atoms with van der Waals surface area (Å²) in [6.07, 6.45) is 8.43. The zero-order valence-electron chi connectivity index (χ0n) is 6.68. The molecule has 1 spiro atoms. The van der Waals surface area contributed by atoms with Crippen LogP contribution in [-0.2, 0) is 4.74 Å². The van der Waals surface area contributed by atoms with Gasteiger partial charge in [0.2, 0.25) is 0 Å². The van der Waals surface area contributed by atoms with Crippen LogP contribution in [0.1, 0.15) is 26.2 Å². The van der Waals surface area contributed by atoms with Crippen LogP contribution in [0, 0.1) is 5.41 Å². The summed E-state index contributed by atoms with van der Waals surface area (Å²) < 4.78 is 5.51. The summed E-state index contributed by atoms with van der Waals surface area (Å²) >= 11 is 0. The molecule has 0 aromatic rings. The predicted octanol–water partition coefficient (Wildman–Crippen LogP) is 2.13. The first-order chi connectivity index (χ1) is 4.72. The molecule has 2 aliphatic rings. The van der Waals surface area contributed by atoms with Gasteiger partial charge in [0, 0.05) is 12.5 Å². The lowest BCUT2D eigenvalue weighted by Gasteiger charge is -2.30. The van der Waals surface area contributed by atoms with Gasteiger partial charge in [-0.15, -0.1) is 0 Å². The van der Waals surface area contributed by atoms with Crippen molar-refractivity contribution in [2.24, 2.45) is 5.41 Å². The first-order valence-electron chi connectivity index (χ1n) is 3.98. The van der Waals surface area contributed by atoms with Gasteiger partial charge in [0.1, 0.15) is 0 Å². The summed E-state index contributed by atoms with van der Waals surface area (Å²) in [7, 11) is 1.83. The Kier molecular flexibility index (Phi) is 1.06. The maximum absolute atomic E-state index is 5.51. The highest BCUT2D eigenvalue weighted by atomic mass is 16.5. The minimum absolute atomic E-state index is 0.132. The van der Waals surface area contributed by atoms with Gasteiger partial charge in [-0.25, -0.2) is 0 Å². The van der Waals surface area contributed by atoms with Crippen molar-refractivity contribution in [3.8, 4) is 0 Å². The van der Waals surface area contributed by atoms with Gasteiger partial charge in [-0.3, -0.25) is 0 Å². The molecule has 10 heavy (non-hydrogen) atoms. The molecule has 1 nitrogen and oxygen atoms in total. The summed E-state index contributed by atoms with van der Waals surface area (Å²) in [4.78, 5) is 0. The largest absolute Gasteiger partial charge is 0.377 e.